The molecule has 1 atom stereocenters. The maximum absolute atomic E-state index is 13.1. The zero-order valence-corrected chi connectivity index (χ0v) is 16.4. The summed E-state index contributed by atoms with van der Waals surface area (Å²) in [4.78, 5) is 26.2. The third-order valence-corrected chi connectivity index (χ3v) is 5.20. The monoisotopic (exact) mass is 388 g/mol. The van der Waals surface area contributed by atoms with E-state index in [0.29, 0.717) is 35.9 Å². The predicted octanol–water partition coefficient (Wildman–Crippen LogP) is 2.45. The lowest BCUT2D eigenvalue weighted by Gasteiger charge is -2.37. The van der Waals surface area contributed by atoms with Crippen LogP contribution in [0.1, 0.15) is 40.6 Å². The normalized spacial score (nSPS) is 15.9. The van der Waals surface area contributed by atoms with Crippen molar-refractivity contribution in [2.45, 2.75) is 39.2 Å². The van der Waals surface area contributed by atoms with Crippen LogP contribution in [-0.2, 0) is 22.4 Å². The van der Waals surface area contributed by atoms with Crippen LogP contribution in [0.15, 0.2) is 16.7 Å². The van der Waals surface area contributed by atoms with Crippen molar-refractivity contribution in [3.8, 4) is 11.5 Å². The lowest BCUT2D eigenvalue weighted by Crippen LogP contribution is -2.42. The number of aryl methyl sites for hydroxylation is 2. The van der Waals surface area contributed by atoms with Crippen molar-refractivity contribution in [3.05, 3.63) is 40.3 Å². The molecule has 0 saturated carbocycles. The van der Waals surface area contributed by atoms with Crippen LogP contribution in [0, 0.1) is 13.8 Å². The van der Waals surface area contributed by atoms with Crippen LogP contribution in [0.2, 0.25) is 0 Å². The summed E-state index contributed by atoms with van der Waals surface area (Å²) in [6.07, 6.45) is 0.550. The molecule has 28 heavy (non-hydrogen) atoms. The number of hydrogen-bond acceptors (Lipinski definition) is 6. The molecule has 1 aliphatic heterocycles. The Morgan fingerprint density at radius 2 is 1.93 bits per heavy atom. The topological polar surface area (TPSA) is 102 Å². The number of aromatic nitrogens is 1. The number of carbonyl (C=O) groups is 2. The molecule has 1 aromatic carbocycles. The highest BCUT2D eigenvalue weighted by Gasteiger charge is 2.34. The maximum Gasteiger partial charge on any atom is 0.305 e. The third-order valence-electron chi connectivity index (χ3n) is 5.20. The number of fused-ring (bicyclic) bond motifs is 1. The average Bonchev–Trinajstić information content (AvgIpc) is 2.98. The molecule has 8 nitrogen and oxygen atoms in total. The molecule has 0 saturated heterocycles. The summed E-state index contributed by atoms with van der Waals surface area (Å²) in [7, 11) is 3.08. The number of carboxylic acid groups (broad SMARTS) is 1. The van der Waals surface area contributed by atoms with Crippen molar-refractivity contribution in [1.82, 2.24) is 10.1 Å². The Bertz CT molecular complexity index is 885. The standard InChI is InChI=1S/C20H24N2O6/c1-11-14(12(2)28-21-11)9-19(23)22-6-5-13-7-17(26-3)18(27-4)8-15(13)16(22)10-20(24)25/h7-8,16H,5-6,9-10H2,1-4H3,(H,24,25). The largest absolute Gasteiger partial charge is 0.493 e. The molecule has 3 rings (SSSR count). The van der Waals surface area contributed by atoms with Gasteiger partial charge in [-0.05, 0) is 43.5 Å². The molecule has 0 radical (unpaired) electrons. The molecule has 0 bridgehead atoms. The van der Waals surface area contributed by atoms with Gasteiger partial charge >= 0.3 is 5.97 Å². The van der Waals surface area contributed by atoms with Crippen LogP contribution in [0.5, 0.6) is 11.5 Å². The van der Waals surface area contributed by atoms with Crippen LogP contribution in [0.3, 0.4) is 0 Å². The Morgan fingerprint density at radius 3 is 2.50 bits per heavy atom. The molecule has 0 spiro atoms. The van der Waals surface area contributed by atoms with E-state index < -0.39 is 12.0 Å². The summed E-state index contributed by atoms with van der Waals surface area (Å²) in [6, 6.07) is 3.06. The first kappa shape index (κ1) is 19.7. The van der Waals surface area contributed by atoms with Gasteiger partial charge in [0, 0.05) is 12.1 Å². The molecule has 1 N–H and O–H groups in total. The predicted molar refractivity (Wildman–Crippen MR) is 99.6 cm³/mol. The second kappa shape index (κ2) is 7.92. The fourth-order valence-electron chi connectivity index (χ4n) is 3.72. The average molecular weight is 388 g/mol. The van der Waals surface area contributed by atoms with E-state index in [-0.39, 0.29) is 18.7 Å². The number of amides is 1. The summed E-state index contributed by atoms with van der Waals surface area (Å²) in [5.74, 6) is 0.579. The van der Waals surface area contributed by atoms with Crippen LogP contribution >= 0.6 is 0 Å². The lowest BCUT2D eigenvalue weighted by atomic mass is 9.89. The molecule has 1 aromatic heterocycles. The van der Waals surface area contributed by atoms with Gasteiger partial charge in [-0.2, -0.15) is 0 Å². The first-order valence-electron chi connectivity index (χ1n) is 9.03. The number of hydrogen-bond donors (Lipinski definition) is 1. The van der Waals surface area contributed by atoms with Gasteiger partial charge in [0.15, 0.2) is 11.5 Å². The quantitative estimate of drug-likeness (QED) is 0.811. The van der Waals surface area contributed by atoms with Gasteiger partial charge in [0.2, 0.25) is 5.91 Å². The van der Waals surface area contributed by atoms with E-state index in [1.807, 2.05) is 6.07 Å². The van der Waals surface area contributed by atoms with Crippen LogP contribution in [-0.4, -0.2) is 47.8 Å². The molecular formula is C20H24N2O6. The van der Waals surface area contributed by atoms with Gasteiger partial charge in [-0.1, -0.05) is 5.16 Å². The van der Waals surface area contributed by atoms with E-state index in [9.17, 15) is 14.7 Å². The second-order valence-electron chi connectivity index (χ2n) is 6.84. The highest BCUT2D eigenvalue weighted by atomic mass is 16.5. The number of aliphatic carboxylic acids is 1. The number of methoxy groups -OCH3 is 2. The van der Waals surface area contributed by atoms with Gasteiger partial charge in [0.05, 0.1) is 38.8 Å². The molecule has 2 aromatic rings. The number of benzene rings is 1. The fourth-order valence-corrected chi connectivity index (χ4v) is 3.72. The molecule has 1 unspecified atom stereocenters. The zero-order chi connectivity index (χ0) is 20.4. The lowest BCUT2D eigenvalue weighted by molar-refractivity contribution is -0.141. The Hall–Kier alpha value is -3.03. The maximum atomic E-state index is 13.1. The van der Waals surface area contributed by atoms with Crippen molar-refractivity contribution in [1.29, 1.82) is 0 Å². The second-order valence-corrected chi connectivity index (χ2v) is 6.84. The van der Waals surface area contributed by atoms with Gasteiger partial charge < -0.3 is 24.0 Å². The van der Waals surface area contributed by atoms with E-state index in [0.717, 1.165) is 16.7 Å². The van der Waals surface area contributed by atoms with Crippen molar-refractivity contribution >= 4 is 11.9 Å². The molecule has 8 heteroatoms. The summed E-state index contributed by atoms with van der Waals surface area (Å²) >= 11 is 0. The highest BCUT2D eigenvalue weighted by Crippen LogP contribution is 2.39. The number of ether oxygens (including phenoxy) is 2. The number of carbonyl (C=O) groups excluding carboxylic acids is 1. The summed E-state index contributed by atoms with van der Waals surface area (Å²) in [5, 5.41) is 13.3. The molecule has 150 valence electrons. The fraction of sp³-hybridized carbons (Fsp3) is 0.450. The molecular weight excluding hydrogens is 364 g/mol. The minimum atomic E-state index is -0.970. The number of rotatable bonds is 6. The molecule has 2 heterocycles. The molecule has 1 amide bonds. The first-order chi connectivity index (χ1) is 13.3. The Labute approximate surface area is 163 Å². The van der Waals surface area contributed by atoms with E-state index in [4.69, 9.17) is 14.0 Å². The van der Waals surface area contributed by atoms with Crippen LogP contribution in [0.25, 0.3) is 0 Å². The van der Waals surface area contributed by atoms with Gasteiger partial charge in [-0.3, -0.25) is 9.59 Å². The zero-order valence-electron chi connectivity index (χ0n) is 16.4. The Morgan fingerprint density at radius 1 is 1.25 bits per heavy atom. The summed E-state index contributed by atoms with van der Waals surface area (Å²) < 4.78 is 15.9. The summed E-state index contributed by atoms with van der Waals surface area (Å²) in [5.41, 5.74) is 3.16. The highest BCUT2D eigenvalue weighted by molar-refractivity contribution is 5.81. The van der Waals surface area contributed by atoms with Gasteiger partial charge in [0.1, 0.15) is 5.76 Å². The van der Waals surface area contributed by atoms with Crippen molar-refractivity contribution in [3.63, 3.8) is 0 Å². The van der Waals surface area contributed by atoms with Crippen LogP contribution in [0.4, 0.5) is 0 Å². The van der Waals surface area contributed by atoms with Crippen molar-refractivity contribution in [2.24, 2.45) is 0 Å². The van der Waals surface area contributed by atoms with Gasteiger partial charge in [-0.15, -0.1) is 0 Å². The van der Waals surface area contributed by atoms with Gasteiger partial charge in [-0.25, -0.2) is 0 Å². The van der Waals surface area contributed by atoms with E-state index >= 15 is 0 Å². The SMILES string of the molecule is COc1cc2c(cc1OC)C(CC(=O)O)N(C(=O)Cc1c(C)noc1C)CC2. The van der Waals surface area contributed by atoms with E-state index in [2.05, 4.69) is 5.16 Å². The van der Waals surface area contributed by atoms with E-state index in [1.165, 1.54) is 7.11 Å². The van der Waals surface area contributed by atoms with E-state index in [1.54, 1.807) is 31.9 Å². The number of carboxylic acids is 1. The molecule has 1 aliphatic rings. The smallest absolute Gasteiger partial charge is 0.305 e. The Kier molecular flexibility index (Phi) is 5.58. The van der Waals surface area contributed by atoms with Crippen LogP contribution < -0.4 is 9.47 Å². The molecule has 0 aliphatic carbocycles. The minimum absolute atomic E-state index is 0.125. The summed E-state index contributed by atoms with van der Waals surface area (Å²) in [6.45, 7) is 3.99. The number of nitrogens with zero attached hydrogens (tertiary/aromatic N) is 2. The molecule has 0 fully saturated rings. The third kappa shape index (κ3) is 3.67. The van der Waals surface area contributed by atoms with Gasteiger partial charge in [0.25, 0.3) is 0 Å². The first-order valence-corrected chi connectivity index (χ1v) is 9.03. The van der Waals surface area contributed by atoms with Crippen molar-refractivity contribution in [2.75, 3.05) is 20.8 Å². The minimum Gasteiger partial charge on any atom is -0.493 e. The Balaban J connectivity index is 1.96. The van der Waals surface area contributed by atoms with Crippen molar-refractivity contribution < 1.29 is 28.7 Å².